The van der Waals surface area contributed by atoms with Gasteiger partial charge in [-0.25, -0.2) is 0 Å². The Balaban J connectivity index is 1.90. The number of hydrogen-bond acceptors (Lipinski definition) is 3. The highest BCUT2D eigenvalue weighted by molar-refractivity contribution is 5.68. The first-order chi connectivity index (χ1) is 8.63. The molecular weight excluding hydrogens is 232 g/mol. The molecule has 1 saturated carbocycles. The lowest BCUT2D eigenvalue weighted by Crippen LogP contribution is -2.17. The topological polar surface area (TPSA) is 55.8 Å². The number of aliphatic carboxylic acids is 1. The van der Waals surface area contributed by atoms with Crippen molar-refractivity contribution in [3.63, 3.8) is 0 Å². The summed E-state index contributed by atoms with van der Waals surface area (Å²) < 4.78 is 11.1. The van der Waals surface area contributed by atoms with Gasteiger partial charge in [0.05, 0.1) is 19.6 Å². The highest BCUT2D eigenvalue weighted by atomic mass is 16.5. The average Bonchev–Trinajstić information content (AvgIpc) is 3.07. The van der Waals surface area contributed by atoms with E-state index >= 15 is 0 Å². The summed E-state index contributed by atoms with van der Waals surface area (Å²) in [5.41, 5.74) is -0.145. The third-order valence-electron chi connectivity index (χ3n) is 3.14. The molecule has 0 saturated heterocycles. The molecule has 2 rings (SSSR count). The zero-order chi connectivity index (χ0) is 13.0. The maximum atomic E-state index is 10.7. The van der Waals surface area contributed by atoms with E-state index in [1.54, 1.807) is 0 Å². The second kappa shape index (κ2) is 5.29. The van der Waals surface area contributed by atoms with Gasteiger partial charge in [0.2, 0.25) is 0 Å². The molecule has 98 valence electrons. The Morgan fingerprint density at radius 3 is 2.56 bits per heavy atom. The summed E-state index contributed by atoms with van der Waals surface area (Å²) in [6.07, 6.45) is 2.06. The van der Waals surface area contributed by atoms with E-state index in [9.17, 15) is 4.79 Å². The SMILES string of the molecule is CCOc1cccc(OCC2(CC(=O)O)CC2)c1. The Morgan fingerprint density at radius 2 is 2.00 bits per heavy atom. The molecule has 0 aromatic heterocycles. The van der Waals surface area contributed by atoms with Crippen molar-refractivity contribution < 1.29 is 19.4 Å². The van der Waals surface area contributed by atoms with Gasteiger partial charge in [0.1, 0.15) is 11.5 Å². The fraction of sp³-hybridized carbons (Fsp3) is 0.500. The molecule has 4 nitrogen and oxygen atoms in total. The van der Waals surface area contributed by atoms with Crippen LogP contribution in [0, 0.1) is 5.41 Å². The Kier molecular flexibility index (Phi) is 3.75. The lowest BCUT2D eigenvalue weighted by Gasteiger charge is -2.14. The molecule has 0 heterocycles. The van der Waals surface area contributed by atoms with Gasteiger partial charge in [0.25, 0.3) is 0 Å². The van der Waals surface area contributed by atoms with Gasteiger partial charge in [-0.3, -0.25) is 4.79 Å². The first-order valence-electron chi connectivity index (χ1n) is 6.21. The van der Waals surface area contributed by atoms with Crippen LogP contribution in [0.5, 0.6) is 11.5 Å². The minimum atomic E-state index is -0.751. The molecule has 18 heavy (non-hydrogen) atoms. The van der Waals surface area contributed by atoms with E-state index in [-0.39, 0.29) is 11.8 Å². The lowest BCUT2D eigenvalue weighted by atomic mass is 10.0. The minimum Gasteiger partial charge on any atom is -0.494 e. The number of hydrogen-bond donors (Lipinski definition) is 1. The number of carbonyl (C=O) groups is 1. The second-order valence-corrected chi connectivity index (χ2v) is 4.77. The molecule has 1 aliphatic rings. The standard InChI is InChI=1S/C14H18O4/c1-2-17-11-4-3-5-12(8-11)18-10-14(6-7-14)9-13(15)16/h3-5,8H,2,6-7,9-10H2,1H3,(H,15,16). The molecule has 0 spiro atoms. The number of carboxylic acids is 1. The summed E-state index contributed by atoms with van der Waals surface area (Å²) in [4.78, 5) is 10.7. The summed E-state index contributed by atoms with van der Waals surface area (Å²) in [6.45, 7) is 3.01. The number of carboxylic acid groups (broad SMARTS) is 1. The summed E-state index contributed by atoms with van der Waals surface area (Å²) in [5, 5.41) is 8.82. The van der Waals surface area contributed by atoms with Gasteiger partial charge in [0, 0.05) is 11.5 Å². The van der Waals surface area contributed by atoms with Gasteiger partial charge in [-0.2, -0.15) is 0 Å². The summed E-state index contributed by atoms with van der Waals surface area (Å²) in [5.74, 6) is 0.759. The lowest BCUT2D eigenvalue weighted by molar-refractivity contribution is -0.138. The van der Waals surface area contributed by atoms with Crippen LogP contribution in [0.25, 0.3) is 0 Å². The fourth-order valence-corrected chi connectivity index (χ4v) is 1.93. The molecule has 0 bridgehead atoms. The summed E-state index contributed by atoms with van der Waals surface area (Å²) in [6, 6.07) is 7.44. The van der Waals surface area contributed by atoms with Crippen LogP contribution in [0.3, 0.4) is 0 Å². The number of ether oxygens (including phenoxy) is 2. The van der Waals surface area contributed by atoms with Crippen molar-refractivity contribution in [1.29, 1.82) is 0 Å². The molecule has 0 radical (unpaired) electrons. The van der Waals surface area contributed by atoms with Gasteiger partial charge in [-0.15, -0.1) is 0 Å². The van der Waals surface area contributed by atoms with Crippen molar-refractivity contribution in [2.24, 2.45) is 5.41 Å². The van der Waals surface area contributed by atoms with E-state index < -0.39 is 5.97 Å². The van der Waals surface area contributed by atoms with Gasteiger partial charge in [-0.1, -0.05) is 6.07 Å². The van der Waals surface area contributed by atoms with Crippen molar-refractivity contribution in [3.8, 4) is 11.5 Å². The summed E-state index contributed by atoms with van der Waals surface area (Å²) >= 11 is 0. The molecule has 4 heteroatoms. The van der Waals surface area contributed by atoms with E-state index in [1.165, 1.54) is 0 Å². The Morgan fingerprint density at radius 1 is 1.33 bits per heavy atom. The van der Waals surface area contributed by atoms with E-state index in [2.05, 4.69) is 0 Å². The van der Waals surface area contributed by atoms with E-state index in [1.807, 2.05) is 31.2 Å². The summed E-state index contributed by atoms with van der Waals surface area (Å²) in [7, 11) is 0. The minimum absolute atomic E-state index is 0.145. The number of rotatable bonds is 7. The van der Waals surface area contributed by atoms with Crippen molar-refractivity contribution in [2.75, 3.05) is 13.2 Å². The van der Waals surface area contributed by atoms with Crippen LogP contribution in [-0.4, -0.2) is 24.3 Å². The van der Waals surface area contributed by atoms with Crippen molar-refractivity contribution in [1.82, 2.24) is 0 Å². The highest BCUT2D eigenvalue weighted by Gasteiger charge is 2.45. The molecule has 1 N–H and O–H groups in total. The van der Waals surface area contributed by atoms with Gasteiger partial charge in [0.15, 0.2) is 0 Å². The molecule has 0 amide bonds. The van der Waals surface area contributed by atoms with Gasteiger partial charge >= 0.3 is 5.97 Å². The smallest absolute Gasteiger partial charge is 0.304 e. The molecule has 1 aromatic rings. The predicted molar refractivity (Wildman–Crippen MR) is 67.0 cm³/mol. The molecule has 1 aromatic carbocycles. The van der Waals surface area contributed by atoms with Crippen LogP contribution >= 0.6 is 0 Å². The normalized spacial score (nSPS) is 16.1. The van der Waals surface area contributed by atoms with Crippen LogP contribution < -0.4 is 9.47 Å². The van der Waals surface area contributed by atoms with E-state index in [0.717, 1.165) is 24.3 Å². The molecule has 1 aliphatic carbocycles. The third kappa shape index (κ3) is 3.39. The highest BCUT2D eigenvalue weighted by Crippen LogP contribution is 2.49. The molecular formula is C14H18O4. The molecule has 0 aliphatic heterocycles. The van der Waals surface area contributed by atoms with Gasteiger partial charge in [-0.05, 0) is 31.9 Å². The predicted octanol–water partition coefficient (Wildman–Crippen LogP) is 2.72. The van der Waals surface area contributed by atoms with Crippen LogP contribution in [0.2, 0.25) is 0 Å². The van der Waals surface area contributed by atoms with Crippen LogP contribution in [-0.2, 0) is 4.79 Å². The molecule has 0 atom stereocenters. The van der Waals surface area contributed by atoms with Crippen molar-refractivity contribution in [3.05, 3.63) is 24.3 Å². The third-order valence-corrected chi connectivity index (χ3v) is 3.14. The van der Waals surface area contributed by atoms with E-state index in [0.29, 0.717) is 13.2 Å². The largest absolute Gasteiger partial charge is 0.494 e. The van der Waals surface area contributed by atoms with Crippen molar-refractivity contribution >= 4 is 5.97 Å². The Hall–Kier alpha value is -1.71. The first-order valence-corrected chi connectivity index (χ1v) is 6.21. The maximum Gasteiger partial charge on any atom is 0.304 e. The van der Waals surface area contributed by atoms with Gasteiger partial charge < -0.3 is 14.6 Å². The van der Waals surface area contributed by atoms with Crippen molar-refractivity contribution in [2.45, 2.75) is 26.2 Å². The second-order valence-electron chi connectivity index (χ2n) is 4.77. The first kappa shape index (κ1) is 12.7. The van der Waals surface area contributed by atoms with Crippen LogP contribution in [0.4, 0.5) is 0 Å². The molecule has 0 unspecified atom stereocenters. The van der Waals surface area contributed by atoms with E-state index in [4.69, 9.17) is 14.6 Å². The molecule has 1 fully saturated rings. The quantitative estimate of drug-likeness (QED) is 0.808. The zero-order valence-electron chi connectivity index (χ0n) is 10.5. The zero-order valence-corrected chi connectivity index (χ0v) is 10.5. The average molecular weight is 250 g/mol. The fourth-order valence-electron chi connectivity index (χ4n) is 1.93. The number of benzene rings is 1. The Labute approximate surface area is 107 Å². The van der Waals surface area contributed by atoms with Crippen LogP contribution in [0.1, 0.15) is 26.2 Å². The monoisotopic (exact) mass is 250 g/mol. The maximum absolute atomic E-state index is 10.7. The Bertz CT molecular complexity index is 424. The van der Waals surface area contributed by atoms with Crippen LogP contribution in [0.15, 0.2) is 24.3 Å².